The van der Waals surface area contributed by atoms with Gasteiger partial charge in [0.05, 0.1) is 31.9 Å². The van der Waals surface area contributed by atoms with Crippen molar-refractivity contribution in [1.29, 1.82) is 0 Å². The van der Waals surface area contributed by atoms with Crippen molar-refractivity contribution in [3.8, 4) is 5.88 Å². The topological polar surface area (TPSA) is 61.3 Å². The van der Waals surface area contributed by atoms with E-state index >= 15 is 0 Å². The lowest BCUT2D eigenvalue weighted by atomic mass is 9.82. The van der Waals surface area contributed by atoms with Gasteiger partial charge in [-0.05, 0) is 25.7 Å². The Morgan fingerprint density at radius 2 is 1.62 bits per heavy atom. The summed E-state index contributed by atoms with van der Waals surface area (Å²) in [6.45, 7) is 6.97. The molecule has 0 spiro atoms. The minimum atomic E-state index is -0.0662. The third kappa shape index (κ3) is 11.6. The Morgan fingerprint density at radius 1 is 0.974 bits per heavy atom. The zero-order chi connectivity index (χ0) is 27.1. The van der Waals surface area contributed by atoms with Crippen LogP contribution in [0.3, 0.4) is 0 Å². The van der Waals surface area contributed by atoms with Gasteiger partial charge in [-0.15, -0.1) is 4.37 Å². The van der Waals surface area contributed by atoms with Gasteiger partial charge in [0, 0.05) is 24.3 Å². The van der Waals surface area contributed by atoms with E-state index in [0.717, 1.165) is 61.8 Å². The molecule has 0 aromatic carbocycles. The normalized spacial score (nSPS) is 20.0. The first-order valence-corrected chi connectivity index (χ1v) is 16.5. The number of rotatable bonds is 20. The Balaban J connectivity index is 0.00000533. The lowest BCUT2D eigenvalue weighted by Gasteiger charge is -2.47. The summed E-state index contributed by atoms with van der Waals surface area (Å²) >= 11 is 1.23. The van der Waals surface area contributed by atoms with Gasteiger partial charge < -0.3 is 33.5 Å². The third-order valence-corrected chi connectivity index (χ3v) is 8.98. The van der Waals surface area contributed by atoms with E-state index in [-0.39, 0.29) is 36.2 Å². The summed E-state index contributed by atoms with van der Waals surface area (Å²) in [5.41, 5.74) is 2.08. The van der Waals surface area contributed by atoms with Crippen molar-refractivity contribution < 1.29 is 42.7 Å². The van der Waals surface area contributed by atoms with E-state index in [9.17, 15) is 4.79 Å². The van der Waals surface area contributed by atoms with Crippen LogP contribution in [0, 0.1) is 5.92 Å². The predicted octanol–water partition coefficient (Wildman–Crippen LogP) is 5.33. The molecule has 0 amide bonds. The molecule has 1 saturated carbocycles. The molecule has 0 radical (unpaired) electrons. The first-order valence-electron chi connectivity index (χ1n) is 15.8. The van der Waals surface area contributed by atoms with Crippen LogP contribution >= 0.6 is 11.7 Å². The van der Waals surface area contributed by atoms with Gasteiger partial charge in [-0.2, -0.15) is 4.37 Å². The molecule has 8 heteroatoms. The van der Waals surface area contributed by atoms with Crippen LogP contribution in [0.5, 0.6) is 5.88 Å². The second-order valence-electron chi connectivity index (χ2n) is 11.9. The number of aromatic nitrogens is 2. The number of likely N-dealkylation sites (N-methyl/N-ethyl adjacent to an activating group) is 1. The first-order chi connectivity index (χ1) is 18.6. The molecule has 224 valence electrons. The van der Waals surface area contributed by atoms with Gasteiger partial charge in [0.2, 0.25) is 6.23 Å². The van der Waals surface area contributed by atoms with Crippen molar-refractivity contribution in [1.82, 2.24) is 8.75 Å². The Hall–Kier alpha value is -0.740. The molecular formula is C31H54IN3O3S. The molecule has 2 heterocycles. The van der Waals surface area contributed by atoms with Gasteiger partial charge in [-0.1, -0.05) is 97.0 Å². The van der Waals surface area contributed by atoms with Crippen LogP contribution in [0.1, 0.15) is 135 Å². The summed E-state index contributed by atoms with van der Waals surface area (Å²) in [4.78, 5) is 13.0. The SMILES string of the molecule is CCCCCCCCCCCC(=O)OC(C1CCC1)[N+]1(C)CCC=C(c2nsnc2OCCCCCC)C1.[I-]. The summed E-state index contributed by atoms with van der Waals surface area (Å²) in [6, 6.07) is 0. The molecular weight excluding hydrogens is 621 g/mol. The van der Waals surface area contributed by atoms with Gasteiger partial charge in [0.1, 0.15) is 12.2 Å². The number of nitrogens with zero attached hydrogens (tertiary/aromatic N) is 3. The number of esters is 1. The molecule has 2 atom stereocenters. The molecule has 1 aliphatic carbocycles. The predicted molar refractivity (Wildman–Crippen MR) is 157 cm³/mol. The number of halogens is 1. The minimum absolute atomic E-state index is 0. The smallest absolute Gasteiger partial charge is 0.310 e. The molecule has 1 aliphatic heterocycles. The van der Waals surface area contributed by atoms with Gasteiger partial charge in [-0.3, -0.25) is 9.28 Å². The van der Waals surface area contributed by atoms with Gasteiger partial charge >= 0.3 is 5.97 Å². The summed E-state index contributed by atoms with van der Waals surface area (Å²) < 4.78 is 22.2. The summed E-state index contributed by atoms with van der Waals surface area (Å²) in [6.07, 6.45) is 23.3. The molecule has 0 bridgehead atoms. The van der Waals surface area contributed by atoms with Crippen molar-refractivity contribution in [2.75, 3.05) is 26.7 Å². The highest BCUT2D eigenvalue weighted by atomic mass is 127. The van der Waals surface area contributed by atoms with Crippen molar-refractivity contribution in [3.05, 3.63) is 11.8 Å². The van der Waals surface area contributed by atoms with Gasteiger partial charge in [0.25, 0.3) is 5.88 Å². The molecule has 3 rings (SSSR count). The van der Waals surface area contributed by atoms with E-state index in [0.29, 0.717) is 24.8 Å². The summed E-state index contributed by atoms with van der Waals surface area (Å²) in [5.74, 6) is 1.13. The van der Waals surface area contributed by atoms with Crippen LogP contribution in [0.2, 0.25) is 0 Å². The van der Waals surface area contributed by atoms with E-state index < -0.39 is 0 Å². The second-order valence-corrected chi connectivity index (χ2v) is 12.4. The first kappa shape index (κ1) is 34.5. The largest absolute Gasteiger partial charge is 1.00 e. The monoisotopic (exact) mass is 675 g/mol. The minimum Gasteiger partial charge on any atom is -1.00 e. The molecule has 2 unspecified atom stereocenters. The number of carbonyl (C=O) groups is 1. The number of hydrogen-bond acceptors (Lipinski definition) is 6. The van der Waals surface area contributed by atoms with Crippen LogP contribution in [0.25, 0.3) is 5.57 Å². The number of hydrogen-bond donors (Lipinski definition) is 0. The number of ether oxygens (including phenoxy) is 2. The maximum Gasteiger partial charge on any atom is 0.310 e. The summed E-state index contributed by atoms with van der Waals surface area (Å²) in [7, 11) is 2.27. The molecule has 1 aromatic heterocycles. The van der Waals surface area contributed by atoms with Crippen molar-refractivity contribution >= 4 is 23.3 Å². The average Bonchev–Trinajstić information content (AvgIpc) is 3.35. The quantitative estimate of drug-likeness (QED) is 0.0811. The Morgan fingerprint density at radius 3 is 2.26 bits per heavy atom. The maximum atomic E-state index is 13.0. The molecule has 39 heavy (non-hydrogen) atoms. The van der Waals surface area contributed by atoms with Gasteiger partial charge in [-0.25, -0.2) is 0 Å². The third-order valence-electron chi connectivity index (χ3n) is 8.47. The number of carbonyl (C=O) groups excluding carboxylic acids is 1. The highest BCUT2D eigenvalue weighted by Crippen LogP contribution is 2.39. The lowest BCUT2D eigenvalue weighted by Crippen LogP contribution is -3.00. The van der Waals surface area contributed by atoms with Crippen LogP contribution in [0.15, 0.2) is 6.08 Å². The van der Waals surface area contributed by atoms with Crippen LogP contribution in [0.4, 0.5) is 0 Å². The lowest BCUT2D eigenvalue weighted by molar-refractivity contribution is -0.951. The van der Waals surface area contributed by atoms with Crippen molar-refractivity contribution in [2.24, 2.45) is 5.92 Å². The van der Waals surface area contributed by atoms with E-state index in [1.54, 1.807) is 0 Å². The molecule has 1 aromatic rings. The van der Waals surface area contributed by atoms with Crippen molar-refractivity contribution in [3.63, 3.8) is 0 Å². The zero-order valence-corrected chi connectivity index (χ0v) is 27.9. The van der Waals surface area contributed by atoms with Gasteiger partial charge in [0.15, 0.2) is 0 Å². The van der Waals surface area contributed by atoms with E-state index in [1.807, 2.05) is 0 Å². The number of unbranched alkanes of at least 4 members (excludes halogenated alkanes) is 11. The zero-order valence-electron chi connectivity index (χ0n) is 24.9. The molecule has 6 nitrogen and oxygen atoms in total. The van der Waals surface area contributed by atoms with E-state index in [4.69, 9.17) is 9.47 Å². The summed E-state index contributed by atoms with van der Waals surface area (Å²) in [5, 5.41) is 0. The standard InChI is InChI=1S/C31H54N3O3S.HI/c1-4-6-8-10-11-12-13-14-15-22-28(35)37-31(26-19-17-20-26)34(3)23-18-21-27(25-34)29-30(33-38-32-29)36-24-16-9-7-5-2;/h21,26,31H,4-20,22-25H2,1-3H3;1H/q+1;/p-1. The van der Waals surface area contributed by atoms with Crippen LogP contribution < -0.4 is 28.7 Å². The Kier molecular flexibility index (Phi) is 17.1. The van der Waals surface area contributed by atoms with Crippen LogP contribution in [-0.4, -0.2) is 52.2 Å². The molecule has 0 saturated heterocycles. The molecule has 0 N–H and O–H groups in total. The highest BCUT2D eigenvalue weighted by Gasteiger charge is 2.45. The maximum absolute atomic E-state index is 13.0. The average molecular weight is 676 g/mol. The fourth-order valence-corrected chi connectivity index (χ4v) is 6.39. The van der Waals surface area contributed by atoms with Crippen LogP contribution in [-0.2, 0) is 9.53 Å². The van der Waals surface area contributed by atoms with E-state index in [1.165, 1.54) is 87.9 Å². The molecule has 1 fully saturated rings. The van der Waals surface area contributed by atoms with Crippen molar-refractivity contribution in [2.45, 2.75) is 136 Å². The molecule has 2 aliphatic rings. The number of quaternary nitrogens is 1. The van der Waals surface area contributed by atoms with E-state index in [2.05, 4.69) is 35.7 Å². The second kappa shape index (κ2) is 19.4. The Bertz CT molecular complexity index is 845. The fraction of sp³-hybridized carbons (Fsp3) is 0.839. The highest BCUT2D eigenvalue weighted by molar-refractivity contribution is 6.99. The fourth-order valence-electron chi connectivity index (χ4n) is 5.86. The Labute approximate surface area is 259 Å².